The van der Waals surface area contributed by atoms with E-state index in [9.17, 15) is 0 Å². The molecule has 1 aromatic heterocycles. The van der Waals surface area contributed by atoms with E-state index in [0.29, 0.717) is 0 Å². The summed E-state index contributed by atoms with van der Waals surface area (Å²) in [5.74, 6) is 1.03. The highest BCUT2D eigenvalue weighted by Gasteiger charge is 2.20. The van der Waals surface area contributed by atoms with Crippen molar-refractivity contribution >= 4 is 0 Å². The first kappa shape index (κ1) is 12.6. The van der Waals surface area contributed by atoms with Crippen molar-refractivity contribution < 1.29 is 4.74 Å². The molecule has 0 saturated heterocycles. The average molecular weight is 237 g/mol. The number of methoxy groups -OCH3 is 1. The Labute approximate surface area is 103 Å². The summed E-state index contributed by atoms with van der Waals surface area (Å²) in [6.07, 6.45) is 9.47. The van der Waals surface area contributed by atoms with Crippen molar-refractivity contribution in [3.63, 3.8) is 0 Å². The number of ether oxygens (including phenoxy) is 1. The van der Waals surface area contributed by atoms with Crippen LogP contribution in [-0.4, -0.2) is 29.8 Å². The predicted molar refractivity (Wildman–Crippen MR) is 67.8 cm³/mol. The van der Waals surface area contributed by atoms with E-state index in [0.717, 1.165) is 32.2 Å². The van der Waals surface area contributed by atoms with Crippen LogP contribution in [0.1, 0.15) is 31.4 Å². The van der Waals surface area contributed by atoms with Crippen molar-refractivity contribution in [1.29, 1.82) is 0 Å². The van der Waals surface area contributed by atoms with Gasteiger partial charge in [0.2, 0.25) is 0 Å². The lowest BCUT2D eigenvalue weighted by molar-refractivity contribution is 0.199. The lowest BCUT2D eigenvalue weighted by Crippen LogP contribution is -2.20. The van der Waals surface area contributed by atoms with Crippen LogP contribution in [0.25, 0.3) is 0 Å². The molecule has 1 heterocycles. The molecule has 1 aliphatic carbocycles. The molecule has 1 N–H and O–H groups in total. The summed E-state index contributed by atoms with van der Waals surface area (Å²) < 4.78 is 7.27. The molecule has 4 heteroatoms. The van der Waals surface area contributed by atoms with Crippen molar-refractivity contribution in [2.24, 2.45) is 5.92 Å². The minimum absolute atomic E-state index is 0.760. The van der Waals surface area contributed by atoms with E-state index >= 15 is 0 Å². The topological polar surface area (TPSA) is 39.1 Å². The maximum atomic E-state index is 5.00. The van der Waals surface area contributed by atoms with Crippen molar-refractivity contribution in [3.8, 4) is 0 Å². The van der Waals surface area contributed by atoms with E-state index in [1.54, 1.807) is 7.11 Å². The third-order valence-electron chi connectivity index (χ3n) is 3.30. The third kappa shape index (κ3) is 4.48. The maximum Gasteiger partial charge on any atom is 0.0948 e. The van der Waals surface area contributed by atoms with Gasteiger partial charge in [-0.25, -0.2) is 4.98 Å². The second-order valence-corrected chi connectivity index (χ2v) is 4.83. The summed E-state index contributed by atoms with van der Waals surface area (Å²) >= 11 is 0. The van der Waals surface area contributed by atoms with Gasteiger partial charge >= 0.3 is 0 Å². The van der Waals surface area contributed by atoms with Crippen LogP contribution < -0.4 is 5.32 Å². The fourth-order valence-corrected chi connectivity index (χ4v) is 2.04. The summed E-state index contributed by atoms with van der Waals surface area (Å²) in [5, 5.41) is 3.35. The van der Waals surface area contributed by atoms with Gasteiger partial charge in [0.25, 0.3) is 0 Å². The molecule has 0 unspecified atom stereocenters. The second-order valence-electron chi connectivity index (χ2n) is 4.83. The first-order valence-electron chi connectivity index (χ1n) is 6.59. The molecule has 0 spiro atoms. The second kappa shape index (κ2) is 6.77. The van der Waals surface area contributed by atoms with Gasteiger partial charge in [-0.2, -0.15) is 0 Å². The molecule has 0 atom stereocenters. The highest BCUT2D eigenvalue weighted by molar-refractivity contribution is 4.97. The number of rotatable bonds is 9. The Morgan fingerprint density at radius 1 is 1.53 bits per heavy atom. The summed E-state index contributed by atoms with van der Waals surface area (Å²) in [6, 6.07) is 0. The van der Waals surface area contributed by atoms with Crippen LogP contribution in [0.5, 0.6) is 0 Å². The lowest BCUT2D eigenvalue weighted by atomic mass is 10.2. The molecular formula is C13H23N3O. The molecule has 4 nitrogen and oxygen atoms in total. The minimum Gasteiger partial charge on any atom is -0.383 e. The lowest BCUT2D eigenvalue weighted by Gasteiger charge is -2.08. The Morgan fingerprint density at radius 2 is 2.41 bits per heavy atom. The quantitative estimate of drug-likeness (QED) is 0.666. The van der Waals surface area contributed by atoms with Crippen molar-refractivity contribution in [2.45, 2.75) is 38.8 Å². The molecule has 1 saturated carbocycles. The number of aryl methyl sites for hydroxylation is 1. The summed E-state index contributed by atoms with van der Waals surface area (Å²) in [6.45, 7) is 3.64. The van der Waals surface area contributed by atoms with Crippen LogP contribution in [0.4, 0.5) is 0 Å². The minimum atomic E-state index is 0.760. The Hall–Kier alpha value is -0.870. The van der Waals surface area contributed by atoms with Crippen molar-refractivity contribution in [3.05, 3.63) is 18.2 Å². The van der Waals surface area contributed by atoms with E-state index in [1.807, 2.05) is 12.5 Å². The monoisotopic (exact) mass is 237 g/mol. The fourth-order valence-electron chi connectivity index (χ4n) is 2.04. The highest BCUT2D eigenvalue weighted by Crippen LogP contribution is 2.33. The van der Waals surface area contributed by atoms with Gasteiger partial charge in [0, 0.05) is 32.9 Å². The van der Waals surface area contributed by atoms with Gasteiger partial charge in [0.15, 0.2) is 0 Å². The van der Waals surface area contributed by atoms with E-state index < -0.39 is 0 Å². The van der Waals surface area contributed by atoms with E-state index in [1.165, 1.54) is 31.4 Å². The molecule has 0 aromatic carbocycles. The van der Waals surface area contributed by atoms with Gasteiger partial charge < -0.3 is 14.6 Å². The first-order chi connectivity index (χ1) is 8.40. The number of aromatic nitrogens is 2. The molecule has 2 rings (SSSR count). The number of nitrogens with zero attached hydrogens (tertiary/aromatic N) is 2. The zero-order valence-electron chi connectivity index (χ0n) is 10.7. The number of hydrogen-bond acceptors (Lipinski definition) is 3. The molecule has 0 radical (unpaired) electrons. The van der Waals surface area contributed by atoms with Crippen LogP contribution in [-0.2, 0) is 17.8 Å². The zero-order chi connectivity index (χ0) is 11.9. The third-order valence-corrected chi connectivity index (χ3v) is 3.30. The largest absolute Gasteiger partial charge is 0.383 e. The molecule has 1 fully saturated rings. The van der Waals surface area contributed by atoms with Gasteiger partial charge in [0.05, 0.1) is 18.6 Å². The standard InChI is InChI=1S/C13H23N3O/c1-17-8-6-14-9-13-10-15-11-16(13)7-2-3-12-4-5-12/h10-12,14H,2-9H2,1H3. The van der Waals surface area contributed by atoms with E-state index in [2.05, 4.69) is 14.9 Å². The highest BCUT2D eigenvalue weighted by atomic mass is 16.5. The molecule has 17 heavy (non-hydrogen) atoms. The number of nitrogens with one attached hydrogen (secondary N) is 1. The van der Waals surface area contributed by atoms with Crippen LogP contribution in [0.3, 0.4) is 0 Å². The van der Waals surface area contributed by atoms with Crippen LogP contribution in [0, 0.1) is 5.92 Å². The van der Waals surface area contributed by atoms with Crippen molar-refractivity contribution in [2.75, 3.05) is 20.3 Å². The molecule has 1 aliphatic rings. The summed E-state index contributed by atoms with van der Waals surface area (Å²) in [4.78, 5) is 4.23. The maximum absolute atomic E-state index is 5.00. The molecular weight excluding hydrogens is 214 g/mol. The smallest absolute Gasteiger partial charge is 0.0948 e. The molecule has 0 aliphatic heterocycles. The Kier molecular flexibility index (Phi) is 5.01. The predicted octanol–water partition coefficient (Wildman–Crippen LogP) is 1.81. The van der Waals surface area contributed by atoms with Crippen LogP contribution in [0.2, 0.25) is 0 Å². The first-order valence-corrected chi connectivity index (χ1v) is 6.59. The zero-order valence-corrected chi connectivity index (χ0v) is 10.7. The van der Waals surface area contributed by atoms with Crippen molar-refractivity contribution in [1.82, 2.24) is 14.9 Å². The number of hydrogen-bond donors (Lipinski definition) is 1. The molecule has 0 amide bonds. The Morgan fingerprint density at radius 3 is 3.18 bits per heavy atom. The van der Waals surface area contributed by atoms with Gasteiger partial charge in [-0.3, -0.25) is 0 Å². The van der Waals surface area contributed by atoms with Gasteiger partial charge in [-0.15, -0.1) is 0 Å². The Bertz CT molecular complexity index is 320. The van der Waals surface area contributed by atoms with E-state index in [4.69, 9.17) is 4.74 Å². The fraction of sp³-hybridized carbons (Fsp3) is 0.769. The van der Waals surface area contributed by atoms with Gasteiger partial charge in [0.1, 0.15) is 0 Å². The average Bonchev–Trinajstić information content (AvgIpc) is 3.05. The normalized spacial score (nSPS) is 15.4. The van der Waals surface area contributed by atoms with E-state index in [-0.39, 0.29) is 0 Å². The number of imidazole rings is 1. The van der Waals surface area contributed by atoms with Gasteiger partial charge in [-0.05, 0) is 18.8 Å². The Balaban J connectivity index is 1.67. The summed E-state index contributed by atoms with van der Waals surface area (Å²) in [7, 11) is 1.73. The summed E-state index contributed by atoms with van der Waals surface area (Å²) in [5.41, 5.74) is 1.27. The van der Waals surface area contributed by atoms with Gasteiger partial charge in [-0.1, -0.05) is 12.8 Å². The molecule has 1 aromatic rings. The molecule has 96 valence electrons. The molecule has 0 bridgehead atoms. The SMILES string of the molecule is COCCNCc1cncn1CCCC1CC1. The van der Waals surface area contributed by atoms with Crippen LogP contribution in [0.15, 0.2) is 12.5 Å². The van der Waals surface area contributed by atoms with Crippen LogP contribution >= 0.6 is 0 Å².